The summed E-state index contributed by atoms with van der Waals surface area (Å²) in [6, 6.07) is 9.94. The molecule has 0 aromatic heterocycles. The summed E-state index contributed by atoms with van der Waals surface area (Å²) < 4.78 is 17.5. The molecule has 0 amide bonds. The summed E-state index contributed by atoms with van der Waals surface area (Å²) in [6.07, 6.45) is 5.30. The zero-order chi connectivity index (χ0) is 16.1. The van der Waals surface area contributed by atoms with Crippen LogP contribution < -0.4 is 4.74 Å². The molecular formula is C18H27BO3. The molecule has 0 N–H and O–H groups in total. The van der Waals surface area contributed by atoms with Crippen LogP contribution in [0.2, 0.25) is 0 Å². The molecule has 22 heavy (non-hydrogen) atoms. The summed E-state index contributed by atoms with van der Waals surface area (Å²) in [4.78, 5) is 0. The van der Waals surface area contributed by atoms with Gasteiger partial charge in [0.2, 0.25) is 0 Å². The summed E-state index contributed by atoms with van der Waals surface area (Å²) in [5.74, 6) is 2.96. The van der Waals surface area contributed by atoms with Crippen LogP contribution in [0.5, 0.6) is 5.75 Å². The first-order chi connectivity index (χ1) is 10.4. The molecule has 0 spiro atoms. The molecule has 0 bridgehead atoms. The van der Waals surface area contributed by atoms with Crippen LogP contribution in [0.15, 0.2) is 42.4 Å². The van der Waals surface area contributed by atoms with Crippen LogP contribution in [0.25, 0.3) is 0 Å². The van der Waals surface area contributed by atoms with Crippen LogP contribution in [-0.2, 0) is 9.31 Å². The van der Waals surface area contributed by atoms with E-state index in [4.69, 9.17) is 14.0 Å². The molecule has 0 radical (unpaired) electrons. The minimum absolute atomic E-state index is 0.231. The normalized spacial score (nSPS) is 19.7. The molecule has 1 aliphatic rings. The van der Waals surface area contributed by atoms with Crippen molar-refractivity contribution in [3.63, 3.8) is 0 Å². The van der Waals surface area contributed by atoms with Gasteiger partial charge >= 0.3 is 7.12 Å². The number of ether oxygens (including phenoxy) is 1. The molecule has 4 heteroatoms. The fraction of sp³-hybridized carbons (Fsp3) is 0.556. The zero-order valence-electron chi connectivity index (χ0n) is 14.2. The fourth-order valence-corrected chi connectivity index (χ4v) is 2.25. The molecule has 3 nitrogen and oxygen atoms in total. The summed E-state index contributed by atoms with van der Waals surface area (Å²) >= 11 is 0. The largest absolute Gasteiger partial charge is 0.494 e. The summed E-state index contributed by atoms with van der Waals surface area (Å²) in [5, 5.41) is 0. The lowest BCUT2D eigenvalue weighted by atomic mass is 9.89. The van der Waals surface area contributed by atoms with Crippen LogP contribution >= 0.6 is 0 Å². The number of benzene rings is 1. The minimum atomic E-state index is -0.258. The lowest BCUT2D eigenvalue weighted by Crippen LogP contribution is -2.41. The average Bonchev–Trinajstić information content (AvgIpc) is 2.67. The Morgan fingerprint density at radius 2 is 1.64 bits per heavy atom. The molecule has 1 fully saturated rings. The highest BCUT2D eigenvalue weighted by Crippen LogP contribution is 2.36. The molecule has 1 aliphatic heterocycles. The predicted octanol–water partition coefficient (Wildman–Crippen LogP) is 4.42. The highest BCUT2D eigenvalue weighted by atomic mass is 16.7. The van der Waals surface area contributed by atoms with Crippen molar-refractivity contribution in [3.05, 3.63) is 42.4 Å². The Morgan fingerprint density at radius 1 is 1.00 bits per heavy atom. The number of hydrogen-bond donors (Lipinski definition) is 0. The van der Waals surface area contributed by atoms with E-state index >= 15 is 0 Å². The van der Waals surface area contributed by atoms with E-state index in [2.05, 4.69) is 33.8 Å². The maximum atomic E-state index is 5.92. The van der Waals surface area contributed by atoms with Gasteiger partial charge in [-0.3, -0.25) is 0 Å². The highest BCUT2D eigenvalue weighted by molar-refractivity contribution is 6.51. The molecule has 1 aromatic carbocycles. The second-order valence-corrected chi connectivity index (χ2v) is 6.71. The maximum Gasteiger partial charge on any atom is 0.486 e. The van der Waals surface area contributed by atoms with Crippen molar-refractivity contribution in [3.8, 4) is 5.75 Å². The second kappa shape index (κ2) is 7.34. The molecule has 1 aromatic rings. The SMILES string of the molecule is CC1(C)OB(/C=C/CCCCOc2ccccc2)OC1(C)C. The van der Waals surface area contributed by atoms with Crippen LogP contribution in [0.3, 0.4) is 0 Å². The van der Waals surface area contributed by atoms with Crippen LogP contribution in [0.4, 0.5) is 0 Å². The van der Waals surface area contributed by atoms with Crippen molar-refractivity contribution in [1.82, 2.24) is 0 Å². The van der Waals surface area contributed by atoms with Gasteiger partial charge in [0.1, 0.15) is 5.75 Å². The average molecular weight is 302 g/mol. The second-order valence-electron chi connectivity index (χ2n) is 6.71. The van der Waals surface area contributed by atoms with E-state index in [0.29, 0.717) is 0 Å². The van der Waals surface area contributed by atoms with Gasteiger partial charge in [-0.15, -0.1) is 0 Å². The van der Waals surface area contributed by atoms with E-state index in [1.165, 1.54) is 0 Å². The van der Waals surface area contributed by atoms with Crippen LogP contribution in [0.1, 0.15) is 47.0 Å². The third kappa shape index (κ3) is 4.62. The van der Waals surface area contributed by atoms with Gasteiger partial charge in [-0.2, -0.15) is 0 Å². The molecular weight excluding hydrogens is 275 g/mol. The quantitative estimate of drug-likeness (QED) is 0.551. The predicted molar refractivity (Wildman–Crippen MR) is 91.0 cm³/mol. The maximum absolute atomic E-state index is 5.92. The standard InChI is InChI=1S/C18H27BO3/c1-17(2)18(3,4)22-19(21-17)14-10-5-6-11-15-20-16-12-8-7-9-13-16/h7-10,12-14H,5-6,11,15H2,1-4H3/b14-10+. The van der Waals surface area contributed by atoms with E-state index in [9.17, 15) is 0 Å². The molecule has 0 unspecified atom stereocenters. The first kappa shape index (κ1) is 17.1. The van der Waals surface area contributed by atoms with E-state index in [1.54, 1.807) is 0 Å². The molecule has 0 saturated carbocycles. The Hall–Kier alpha value is -1.26. The molecule has 1 heterocycles. The summed E-state index contributed by atoms with van der Waals surface area (Å²) in [6.45, 7) is 9.04. The molecule has 120 valence electrons. The Morgan fingerprint density at radius 3 is 2.27 bits per heavy atom. The van der Waals surface area contributed by atoms with Gasteiger partial charge in [-0.1, -0.05) is 30.3 Å². The van der Waals surface area contributed by atoms with Gasteiger partial charge in [0, 0.05) is 0 Å². The van der Waals surface area contributed by atoms with Crippen LogP contribution in [0, 0.1) is 0 Å². The van der Waals surface area contributed by atoms with E-state index < -0.39 is 0 Å². The lowest BCUT2D eigenvalue weighted by molar-refractivity contribution is 0.00578. The van der Waals surface area contributed by atoms with E-state index in [1.807, 2.05) is 36.3 Å². The number of allylic oxidation sites excluding steroid dienone is 1. The van der Waals surface area contributed by atoms with Crippen molar-refractivity contribution in [2.75, 3.05) is 6.61 Å². The first-order valence-corrected chi connectivity index (χ1v) is 8.11. The number of unbranched alkanes of at least 4 members (excludes halogenated alkanes) is 2. The fourth-order valence-electron chi connectivity index (χ4n) is 2.25. The van der Waals surface area contributed by atoms with Crippen LogP contribution in [-0.4, -0.2) is 24.9 Å². The number of rotatable bonds is 7. The van der Waals surface area contributed by atoms with Gasteiger partial charge < -0.3 is 14.0 Å². The Labute approximate surface area is 134 Å². The van der Waals surface area contributed by atoms with Crippen molar-refractivity contribution in [1.29, 1.82) is 0 Å². The third-order valence-corrected chi connectivity index (χ3v) is 4.34. The summed E-state index contributed by atoms with van der Waals surface area (Å²) in [7, 11) is -0.231. The first-order valence-electron chi connectivity index (χ1n) is 8.11. The zero-order valence-corrected chi connectivity index (χ0v) is 14.2. The van der Waals surface area contributed by atoms with Crippen molar-refractivity contribution in [2.45, 2.75) is 58.2 Å². The molecule has 0 aliphatic carbocycles. The highest BCUT2D eigenvalue weighted by Gasteiger charge is 2.49. The Kier molecular flexibility index (Phi) is 5.71. The molecule has 0 atom stereocenters. The van der Waals surface area contributed by atoms with Gasteiger partial charge in [-0.05, 0) is 59.1 Å². The van der Waals surface area contributed by atoms with E-state index in [0.717, 1.165) is 31.6 Å². The van der Waals surface area contributed by atoms with Crippen molar-refractivity contribution < 1.29 is 14.0 Å². The Bertz CT molecular complexity index is 466. The molecule has 1 saturated heterocycles. The van der Waals surface area contributed by atoms with Crippen molar-refractivity contribution in [2.24, 2.45) is 0 Å². The topological polar surface area (TPSA) is 27.7 Å². The van der Waals surface area contributed by atoms with Gasteiger partial charge in [0.25, 0.3) is 0 Å². The smallest absolute Gasteiger partial charge is 0.486 e. The molecule has 2 rings (SSSR count). The van der Waals surface area contributed by atoms with Gasteiger partial charge in [0.05, 0.1) is 17.8 Å². The monoisotopic (exact) mass is 302 g/mol. The third-order valence-electron chi connectivity index (χ3n) is 4.34. The minimum Gasteiger partial charge on any atom is -0.494 e. The lowest BCUT2D eigenvalue weighted by Gasteiger charge is -2.32. The summed E-state index contributed by atoms with van der Waals surface area (Å²) in [5.41, 5.74) is -0.517. The van der Waals surface area contributed by atoms with E-state index in [-0.39, 0.29) is 18.3 Å². The Balaban J connectivity index is 1.59. The van der Waals surface area contributed by atoms with Gasteiger partial charge in [-0.25, -0.2) is 0 Å². The number of para-hydroxylation sites is 1. The van der Waals surface area contributed by atoms with Gasteiger partial charge in [0.15, 0.2) is 0 Å². The number of hydrogen-bond acceptors (Lipinski definition) is 3. The van der Waals surface area contributed by atoms with Crippen molar-refractivity contribution >= 4 is 7.12 Å².